The quantitative estimate of drug-likeness (QED) is 0.510. The number of Topliss-reactive ketones (excluding diaryl/α,β-unsaturated/α-hetero) is 1. The van der Waals surface area contributed by atoms with Gasteiger partial charge in [-0.15, -0.1) is 0 Å². The summed E-state index contributed by atoms with van der Waals surface area (Å²) >= 11 is 0. The lowest BCUT2D eigenvalue weighted by Crippen LogP contribution is -2.01. The van der Waals surface area contributed by atoms with Gasteiger partial charge in [-0.25, -0.2) is 0 Å². The number of aromatic nitrogens is 2. The van der Waals surface area contributed by atoms with Crippen molar-refractivity contribution < 1.29 is 9.53 Å². The number of rotatable bonds is 6. The normalized spacial score (nSPS) is 10.4. The van der Waals surface area contributed by atoms with E-state index in [-0.39, 0.29) is 5.78 Å². The third kappa shape index (κ3) is 3.30. The summed E-state index contributed by atoms with van der Waals surface area (Å²) in [5, 5.41) is 3.95. The van der Waals surface area contributed by atoms with Crippen LogP contribution >= 0.6 is 0 Å². The maximum Gasteiger partial charge on any atom is 0.166 e. The lowest BCUT2D eigenvalue weighted by Gasteiger charge is -1.99. The topological polar surface area (TPSA) is 44.1 Å². The molecule has 1 heterocycles. The molecule has 14 heavy (non-hydrogen) atoms. The SMILES string of the molecule is CCOCCCC(=O)c1cnn(C)c1. The van der Waals surface area contributed by atoms with Gasteiger partial charge in [0.2, 0.25) is 0 Å². The molecule has 1 rings (SSSR count). The summed E-state index contributed by atoms with van der Waals surface area (Å²) in [4.78, 5) is 11.5. The predicted molar refractivity (Wildman–Crippen MR) is 53.3 cm³/mol. The highest BCUT2D eigenvalue weighted by molar-refractivity contribution is 5.95. The highest BCUT2D eigenvalue weighted by atomic mass is 16.5. The second-order valence-corrected chi connectivity index (χ2v) is 3.13. The van der Waals surface area contributed by atoms with E-state index >= 15 is 0 Å². The van der Waals surface area contributed by atoms with Gasteiger partial charge in [0.1, 0.15) is 0 Å². The van der Waals surface area contributed by atoms with E-state index in [0.717, 1.165) is 6.42 Å². The zero-order valence-corrected chi connectivity index (χ0v) is 8.69. The van der Waals surface area contributed by atoms with Crippen molar-refractivity contribution in [2.24, 2.45) is 7.05 Å². The van der Waals surface area contributed by atoms with Gasteiger partial charge in [-0.05, 0) is 13.3 Å². The fourth-order valence-electron chi connectivity index (χ4n) is 1.19. The molecule has 0 aliphatic rings. The van der Waals surface area contributed by atoms with Crippen LogP contribution in [0.25, 0.3) is 0 Å². The number of hydrogen-bond acceptors (Lipinski definition) is 3. The minimum absolute atomic E-state index is 0.137. The van der Waals surface area contributed by atoms with Crippen molar-refractivity contribution in [3.8, 4) is 0 Å². The Morgan fingerprint density at radius 2 is 2.43 bits per heavy atom. The minimum Gasteiger partial charge on any atom is -0.382 e. The summed E-state index contributed by atoms with van der Waals surface area (Å²) in [5.41, 5.74) is 0.684. The van der Waals surface area contributed by atoms with Crippen molar-refractivity contribution in [2.45, 2.75) is 19.8 Å². The van der Waals surface area contributed by atoms with Gasteiger partial charge in [0.15, 0.2) is 5.78 Å². The number of carbonyl (C=O) groups excluding carboxylic acids is 1. The fraction of sp³-hybridized carbons (Fsp3) is 0.600. The van der Waals surface area contributed by atoms with Crippen LogP contribution in [-0.4, -0.2) is 28.8 Å². The lowest BCUT2D eigenvalue weighted by atomic mass is 10.1. The maximum absolute atomic E-state index is 11.5. The molecule has 0 saturated heterocycles. The van der Waals surface area contributed by atoms with E-state index in [4.69, 9.17) is 4.74 Å². The van der Waals surface area contributed by atoms with Crippen molar-refractivity contribution in [3.05, 3.63) is 18.0 Å². The van der Waals surface area contributed by atoms with Crippen LogP contribution in [-0.2, 0) is 11.8 Å². The molecule has 0 N–H and O–H groups in total. The molecule has 0 radical (unpaired) electrons. The third-order valence-corrected chi connectivity index (χ3v) is 1.92. The summed E-state index contributed by atoms with van der Waals surface area (Å²) in [7, 11) is 1.80. The molecule has 0 bridgehead atoms. The zero-order chi connectivity index (χ0) is 10.4. The molecule has 0 spiro atoms. The minimum atomic E-state index is 0.137. The number of aryl methyl sites for hydroxylation is 1. The molecule has 0 unspecified atom stereocenters. The molecule has 1 aromatic rings. The zero-order valence-electron chi connectivity index (χ0n) is 8.69. The van der Waals surface area contributed by atoms with E-state index in [1.807, 2.05) is 6.92 Å². The van der Waals surface area contributed by atoms with Crippen molar-refractivity contribution in [1.29, 1.82) is 0 Å². The van der Waals surface area contributed by atoms with Crippen LogP contribution in [0.2, 0.25) is 0 Å². The highest BCUT2D eigenvalue weighted by Crippen LogP contribution is 2.03. The number of ketones is 1. The molecule has 0 aliphatic carbocycles. The first-order valence-corrected chi connectivity index (χ1v) is 4.83. The Balaban J connectivity index is 2.29. The number of carbonyl (C=O) groups is 1. The van der Waals surface area contributed by atoms with Gasteiger partial charge in [0.05, 0.1) is 11.8 Å². The molecule has 0 aliphatic heterocycles. The summed E-state index contributed by atoms with van der Waals surface area (Å²) in [5.74, 6) is 0.137. The van der Waals surface area contributed by atoms with Crippen LogP contribution in [0.1, 0.15) is 30.1 Å². The maximum atomic E-state index is 11.5. The van der Waals surface area contributed by atoms with Gasteiger partial charge in [0.25, 0.3) is 0 Å². The summed E-state index contributed by atoms with van der Waals surface area (Å²) < 4.78 is 6.79. The Morgan fingerprint density at radius 1 is 1.64 bits per heavy atom. The van der Waals surface area contributed by atoms with Crippen molar-refractivity contribution in [3.63, 3.8) is 0 Å². The molecule has 0 fully saturated rings. The molecular weight excluding hydrogens is 180 g/mol. The van der Waals surface area contributed by atoms with Gasteiger partial charge in [-0.1, -0.05) is 0 Å². The van der Waals surface area contributed by atoms with Crippen molar-refractivity contribution >= 4 is 5.78 Å². The fourth-order valence-corrected chi connectivity index (χ4v) is 1.19. The van der Waals surface area contributed by atoms with Crippen molar-refractivity contribution in [2.75, 3.05) is 13.2 Å². The molecule has 0 atom stereocenters. The molecule has 78 valence electrons. The first-order chi connectivity index (χ1) is 6.74. The number of nitrogens with zero attached hydrogens (tertiary/aromatic N) is 2. The molecule has 4 heteroatoms. The Bertz CT molecular complexity index is 294. The Labute approximate surface area is 83.9 Å². The molecule has 0 saturated carbocycles. The molecule has 1 aromatic heterocycles. The van der Waals surface area contributed by atoms with Gasteiger partial charge in [0, 0.05) is 32.9 Å². The van der Waals surface area contributed by atoms with Crippen LogP contribution < -0.4 is 0 Å². The van der Waals surface area contributed by atoms with E-state index in [1.54, 1.807) is 24.1 Å². The van der Waals surface area contributed by atoms with Crippen LogP contribution in [0.3, 0.4) is 0 Å². The molecule has 0 aromatic carbocycles. The van der Waals surface area contributed by atoms with Gasteiger partial charge >= 0.3 is 0 Å². The molecule has 0 amide bonds. The average molecular weight is 196 g/mol. The van der Waals surface area contributed by atoms with E-state index < -0.39 is 0 Å². The highest BCUT2D eigenvalue weighted by Gasteiger charge is 2.06. The smallest absolute Gasteiger partial charge is 0.166 e. The first kappa shape index (κ1) is 10.9. The Kier molecular flexibility index (Phi) is 4.32. The van der Waals surface area contributed by atoms with E-state index in [0.29, 0.717) is 25.2 Å². The number of ether oxygens (including phenoxy) is 1. The van der Waals surface area contributed by atoms with Crippen LogP contribution in [0.15, 0.2) is 12.4 Å². The van der Waals surface area contributed by atoms with E-state index in [2.05, 4.69) is 5.10 Å². The van der Waals surface area contributed by atoms with Gasteiger partial charge < -0.3 is 4.74 Å². The Morgan fingerprint density at radius 3 is 3.00 bits per heavy atom. The average Bonchev–Trinajstić information content (AvgIpc) is 2.59. The molecular formula is C10H16N2O2. The summed E-state index contributed by atoms with van der Waals surface area (Å²) in [6, 6.07) is 0. The van der Waals surface area contributed by atoms with Crippen molar-refractivity contribution in [1.82, 2.24) is 9.78 Å². The van der Waals surface area contributed by atoms with E-state index in [9.17, 15) is 4.79 Å². The Hall–Kier alpha value is -1.16. The van der Waals surface area contributed by atoms with Crippen LogP contribution in [0, 0.1) is 0 Å². The number of hydrogen-bond donors (Lipinski definition) is 0. The summed E-state index contributed by atoms with van der Waals surface area (Å²) in [6.45, 7) is 3.31. The monoisotopic (exact) mass is 196 g/mol. The van der Waals surface area contributed by atoms with Crippen LogP contribution in [0.5, 0.6) is 0 Å². The second kappa shape index (κ2) is 5.54. The largest absolute Gasteiger partial charge is 0.382 e. The first-order valence-electron chi connectivity index (χ1n) is 4.83. The summed E-state index contributed by atoms with van der Waals surface area (Å²) in [6.07, 6.45) is 4.65. The predicted octanol–water partition coefficient (Wildman–Crippen LogP) is 1.42. The van der Waals surface area contributed by atoms with Gasteiger partial charge in [-0.2, -0.15) is 5.10 Å². The standard InChI is InChI=1S/C10H16N2O2/c1-3-14-6-4-5-10(13)9-7-11-12(2)8-9/h7-8H,3-6H2,1-2H3. The van der Waals surface area contributed by atoms with Gasteiger partial charge in [-0.3, -0.25) is 9.48 Å². The third-order valence-electron chi connectivity index (χ3n) is 1.92. The van der Waals surface area contributed by atoms with E-state index in [1.165, 1.54) is 0 Å². The second-order valence-electron chi connectivity index (χ2n) is 3.13. The molecule has 4 nitrogen and oxygen atoms in total. The van der Waals surface area contributed by atoms with Crippen LogP contribution in [0.4, 0.5) is 0 Å². The lowest BCUT2D eigenvalue weighted by molar-refractivity contribution is 0.0947.